The summed E-state index contributed by atoms with van der Waals surface area (Å²) in [5.74, 6) is 1.52. The van der Waals surface area contributed by atoms with Crippen molar-refractivity contribution in [2.75, 3.05) is 12.3 Å². The Hall–Kier alpha value is -3.54. The number of carbonyl (C=O) groups is 1. The normalized spacial score (nSPS) is 16.0. The van der Waals surface area contributed by atoms with E-state index in [4.69, 9.17) is 20.2 Å². The van der Waals surface area contributed by atoms with Crippen LogP contribution in [-0.4, -0.2) is 28.1 Å². The van der Waals surface area contributed by atoms with Gasteiger partial charge >= 0.3 is 6.09 Å². The molecule has 0 bridgehead atoms. The second kappa shape index (κ2) is 9.14. The van der Waals surface area contributed by atoms with Gasteiger partial charge < -0.3 is 15.2 Å². The number of amides is 1. The molecule has 172 valence electrons. The number of aromatic nitrogens is 1. The van der Waals surface area contributed by atoms with Crippen LogP contribution in [0.15, 0.2) is 60.7 Å². The minimum atomic E-state index is -0.538. The van der Waals surface area contributed by atoms with Crippen LogP contribution in [0.5, 0.6) is 11.5 Å². The largest absolute Gasteiger partial charge is 0.457 e. The molecule has 6 heteroatoms. The molecule has 1 aromatic heterocycles. The number of anilines is 1. The number of nitrogens with zero attached hydrogens (tertiary/aromatic N) is 2. The summed E-state index contributed by atoms with van der Waals surface area (Å²) >= 11 is 0. The van der Waals surface area contributed by atoms with Crippen molar-refractivity contribution in [3.8, 4) is 22.8 Å². The summed E-state index contributed by atoms with van der Waals surface area (Å²) in [5.41, 5.74) is 9.92. The van der Waals surface area contributed by atoms with Gasteiger partial charge in [0.1, 0.15) is 17.1 Å². The highest BCUT2D eigenvalue weighted by Gasteiger charge is 2.34. The van der Waals surface area contributed by atoms with Crippen LogP contribution < -0.4 is 10.5 Å². The summed E-state index contributed by atoms with van der Waals surface area (Å²) < 4.78 is 11.5. The molecule has 33 heavy (non-hydrogen) atoms. The zero-order valence-corrected chi connectivity index (χ0v) is 19.7. The minimum absolute atomic E-state index is 0.126. The van der Waals surface area contributed by atoms with Gasteiger partial charge in [0.2, 0.25) is 0 Å². The van der Waals surface area contributed by atoms with Gasteiger partial charge in [-0.2, -0.15) is 0 Å². The van der Waals surface area contributed by atoms with Gasteiger partial charge in [-0.15, -0.1) is 0 Å². The number of pyridine rings is 1. The van der Waals surface area contributed by atoms with Crippen molar-refractivity contribution in [1.82, 2.24) is 9.88 Å². The standard InChI is InChI=1S/C27H31N3O3/c1-18-17-22(23-11-8-16-30(23)26(31)33-27(2,3)4)29-25(24(18)28)19-12-14-21(15-13-19)32-20-9-6-5-7-10-20/h5-7,9-10,12-15,17,23H,8,11,16,28H2,1-4H3. The Morgan fingerprint density at radius 3 is 2.39 bits per heavy atom. The Balaban J connectivity index is 1.60. The second-order valence-corrected chi connectivity index (χ2v) is 9.40. The number of para-hydroxylation sites is 1. The van der Waals surface area contributed by atoms with Crippen molar-refractivity contribution in [1.29, 1.82) is 0 Å². The Morgan fingerprint density at radius 1 is 1.06 bits per heavy atom. The van der Waals surface area contributed by atoms with Gasteiger partial charge in [0, 0.05) is 12.1 Å². The molecule has 2 N–H and O–H groups in total. The van der Waals surface area contributed by atoms with E-state index >= 15 is 0 Å². The molecule has 0 spiro atoms. The second-order valence-electron chi connectivity index (χ2n) is 9.40. The molecule has 1 atom stereocenters. The average Bonchev–Trinajstić information content (AvgIpc) is 3.26. The van der Waals surface area contributed by atoms with Gasteiger partial charge in [0.25, 0.3) is 0 Å². The van der Waals surface area contributed by atoms with Crippen molar-refractivity contribution in [3.63, 3.8) is 0 Å². The highest BCUT2D eigenvalue weighted by atomic mass is 16.6. The SMILES string of the molecule is Cc1cc(C2CCCN2C(=O)OC(C)(C)C)nc(-c2ccc(Oc3ccccc3)cc2)c1N. The van der Waals surface area contributed by atoms with Crippen LogP contribution in [0.3, 0.4) is 0 Å². The van der Waals surface area contributed by atoms with E-state index in [2.05, 4.69) is 0 Å². The number of nitrogens with two attached hydrogens (primary N) is 1. The predicted octanol–water partition coefficient (Wildman–Crippen LogP) is 6.50. The highest BCUT2D eigenvalue weighted by Crippen LogP contribution is 2.36. The van der Waals surface area contributed by atoms with Crippen LogP contribution in [0.4, 0.5) is 10.5 Å². The lowest BCUT2D eigenvalue weighted by molar-refractivity contribution is 0.0221. The monoisotopic (exact) mass is 445 g/mol. The first-order valence-corrected chi connectivity index (χ1v) is 11.3. The molecule has 3 aromatic rings. The Morgan fingerprint density at radius 2 is 1.73 bits per heavy atom. The fraction of sp³-hybridized carbons (Fsp3) is 0.333. The Kier molecular flexibility index (Phi) is 6.27. The average molecular weight is 446 g/mol. The lowest BCUT2D eigenvalue weighted by Gasteiger charge is -2.29. The molecule has 4 rings (SSSR count). The Bertz CT molecular complexity index is 1120. The summed E-state index contributed by atoms with van der Waals surface area (Å²) in [6, 6.07) is 19.3. The van der Waals surface area contributed by atoms with E-state index in [1.165, 1.54) is 0 Å². The minimum Gasteiger partial charge on any atom is -0.457 e. The van der Waals surface area contributed by atoms with E-state index in [-0.39, 0.29) is 12.1 Å². The maximum atomic E-state index is 12.8. The van der Waals surface area contributed by atoms with E-state index in [1.807, 2.05) is 88.4 Å². The molecule has 1 unspecified atom stereocenters. The highest BCUT2D eigenvalue weighted by molar-refractivity contribution is 5.76. The molecule has 1 aliphatic heterocycles. The van der Waals surface area contributed by atoms with Crippen LogP contribution in [0.1, 0.15) is 50.9 Å². The van der Waals surface area contributed by atoms with Crippen LogP contribution in [0.25, 0.3) is 11.3 Å². The number of rotatable bonds is 4. The van der Waals surface area contributed by atoms with E-state index in [0.29, 0.717) is 17.9 Å². The molecule has 1 amide bonds. The lowest BCUT2D eigenvalue weighted by Crippen LogP contribution is -2.36. The predicted molar refractivity (Wildman–Crippen MR) is 130 cm³/mol. The third-order valence-corrected chi connectivity index (χ3v) is 5.61. The topological polar surface area (TPSA) is 77.7 Å². The molecule has 0 aliphatic carbocycles. The number of aryl methyl sites for hydroxylation is 1. The fourth-order valence-electron chi connectivity index (χ4n) is 4.02. The molecule has 1 aliphatic rings. The van der Waals surface area contributed by atoms with Crippen molar-refractivity contribution >= 4 is 11.8 Å². The zero-order valence-electron chi connectivity index (χ0n) is 19.7. The van der Waals surface area contributed by atoms with Crippen LogP contribution in [0, 0.1) is 6.92 Å². The summed E-state index contributed by atoms with van der Waals surface area (Å²) in [5, 5.41) is 0. The van der Waals surface area contributed by atoms with Crippen LogP contribution >= 0.6 is 0 Å². The molecular formula is C27H31N3O3. The molecule has 0 saturated carbocycles. The van der Waals surface area contributed by atoms with Gasteiger partial charge in [0.15, 0.2) is 0 Å². The number of likely N-dealkylation sites (tertiary alicyclic amines) is 1. The number of hydrogen-bond donors (Lipinski definition) is 1. The third kappa shape index (κ3) is 5.28. The lowest BCUT2D eigenvalue weighted by atomic mass is 10.0. The zero-order chi connectivity index (χ0) is 23.6. The maximum absolute atomic E-state index is 12.8. The number of carbonyl (C=O) groups excluding carboxylic acids is 1. The molecule has 2 aromatic carbocycles. The van der Waals surface area contributed by atoms with Gasteiger partial charge in [-0.3, -0.25) is 4.90 Å². The number of benzene rings is 2. The number of hydrogen-bond acceptors (Lipinski definition) is 5. The molecule has 6 nitrogen and oxygen atoms in total. The van der Waals surface area contributed by atoms with E-state index in [9.17, 15) is 4.79 Å². The molecular weight excluding hydrogens is 414 g/mol. The van der Waals surface area contributed by atoms with E-state index < -0.39 is 5.60 Å². The van der Waals surface area contributed by atoms with Gasteiger partial charge in [-0.05, 0) is 88.6 Å². The fourth-order valence-corrected chi connectivity index (χ4v) is 4.02. The molecule has 2 heterocycles. The third-order valence-electron chi connectivity index (χ3n) is 5.61. The number of ether oxygens (including phenoxy) is 2. The summed E-state index contributed by atoms with van der Waals surface area (Å²) in [7, 11) is 0. The summed E-state index contributed by atoms with van der Waals surface area (Å²) in [4.78, 5) is 19.5. The first-order chi connectivity index (χ1) is 15.7. The first-order valence-electron chi connectivity index (χ1n) is 11.3. The number of nitrogen functional groups attached to an aromatic ring is 1. The van der Waals surface area contributed by atoms with E-state index in [1.54, 1.807) is 4.90 Å². The van der Waals surface area contributed by atoms with Crippen LogP contribution in [0.2, 0.25) is 0 Å². The van der Waals surface area contributed by atoms with Gasteiger partial charge in [0.05, 0.1) is 23.1 Å². The maximum Gasteiger partial charge on any atom is 0.410 e. The quantitative estimate of drug-likeness (QED) is 0.496. The Labute approximate surface area is 195 Å². The molecule has 0 radical (unpaired) electrons. The van der Waals surface area contributed by atoms with Crippen molar-refractivity contribution in [2.24, 2.45) is 0 Å². The van der Waals surface area contributed by atoms with Crippen molar-refractivity contribution in [2.45, 2.75) is 52.2 Å². The van der Waals surface area contributed by atoms with Gasteiger partial charge in [-0.25, -0.2) is 9.78 Å². The summed E-state index contributed by atoms with van der Waals surface area (Å²) in [6.07, 6.45) is 1.46. The molecule has 1 saturated heterocycles. The van der Waals surface area contributed by atoms with Crippen LogP contribution in [-0.2, 0) is 4.74 Å². The molecule has 1 fully saturated rings. The smallest absolute Gasteiger partial charge is 0.410 e. The van der Waals surface area contributed by atoms with E-state index in [0.717, 1.165) is 41.2 Å². The van der Waals surface area contributed by atoms with Gasteiger partial charge in [-0.1, -0.05) is 18.2 Å². The first kappa shape index (κ1) is 22.6. The van der Waals surface area contributed by atoms with Crippen molar-refractivity contribution < 1.29 is 14.3 Å². The van der Waals surface area contributed by atoms with Crippen molar-refractivity contribution in [3.05, 3.63) is 71.9 Å². The summed E-state index contributed by atoms with van der Waals surface area (Å²) in [6.45, 7) is 8.27.